The van der Waals surface area contributed by atoms with E-state index in [9.17, 15) is 4.79 Å². The third-order valence-electron chi connectivity index (χ3n) is 5.15. The highest BCUT2D eigenvalue weighted by atomic mass is 35.5. The molecule has 2 heterocycles. The van der Waals surface area contributed by atoms with Crippen molar-refractivity contribution < 1.29 is 4.79 Å². The number of hydrogen-bond acceptors (Lipinski definition) is 3. The summed E-state index contributed by atoms with van der Waals surface area (Å²) in [6.07, 6.45) is 2.78. The van der Waals surface area contributed by atoms with Crippen molar-refractivity contribution in [2.45, 2.75) is 44.6 Å². The number of carbonyl (C=O) groups is 1. The Bertz CT molecular complexity index is 603. The lowest BCUT2D eigenvalue weighted by Gasteiger charge is -2.35. The first-order chi connectivity index (χ1) is 10.9. The molecule has 3 rings (SSSR count). The highest BCUT2D eigenvalue weighted by Gasteiger charge is 2.45. The van der Waals surface area contributed by atoms with Crippen molar-refractivity contribution in [1.29, 1.82) is 0 Å². The molecule has 7 heteroatoms. The molecule has 2 aliphatic heterocycles. The zero-order valence-corrected chi connectivity index (χ0v) is 17.1. The topological polar surface area (TPSA) is 58.4 Å². The summed E-state index contributed by atoms with van der Waals surface area (Å²) in [5, 5.41) is 4.15. The molecule has 1 fully saturated rings. The van der Waals surface area contributed by atoms with Crippen LogP contribution in [0.3, 0.4) is 0 Å². The zero-order chi connectivity index (χ0) is 16.6. The molecule has 0 unspecified atom stereocenters. The van der Waals surface area contributed by atoms with Crippen LogP contribution < -0.4 is 16.0 Å². The number of nitrogens with two attached hydrogens (primary N) is 1. The summed E-state index contributed by atoms with van der Waals surface area (Å²) >= 11 is 6.24. The maximum atomic E-state index is 12.9. The maximum absolute atomic E-state index is 12.9. The normalized spacial score (nSPS) is 19.2. The first kappa shape index (κ1) is 22.5. The van der Waals surface area contributed by atoms with Gasteiger partial charge in [0.2, 0.25) is 5.91 Å². The highest BCUT2D eigenvalue weighted by Crippen LogP contribution is 2.47. The van der Waals surface area contributed by atoms with E-state index in [2.05, 4.69) is 19.2 Å². The van der Waals surface area contributed by atoms with Gasteiger partial charge in [0.1, 0.15) is 0 Å². The van der Waals surface area contributed by atoms with Gasteiger partial charge in [0.05, 0.1) is 6.04 Å². The largest absolute Gasteiger partial charge is 0.320 e. The number of nitrogens with zero attached hydrogens (tertiary/aromatic N) is 1. The van der Waals surface area contributed by atoms with Gasteiger partial charge in [0, 0.05) is 22.7 Å². The SMILES string of the molecule is CC(C)C[C@H](N)C(=O)N1CC2(CCNCC2)c2cc(Cl)ccc21.Cl.Cl. The summed E-state index contributed by atoms with van der Waals surface area (Å²) in [4.78, 5) is 14.8. The van der Waals surface area contributed by atoms with E-state index in [1.807, 2.05) is 23.1 Å². The summed E-state index contributed by atoms with van der Waals surface area (Å²) in [7, 11) is 0. The lowest BCUT2D eigenvalue weighted by Crippen LogP contribution is -2.48. The van der Waals surface area contributed by atoms with Crippen molar-refractivity contribution in [3.8, 4) is 0 Å². The molecular formula is C18H28Cl3N3O. The summed E-state index contributed by atoms with van der Waals surface area (Å²) in [5.74, 6) is 0.451. The molecule has 1 spiro atoms. The van der Waals surface area contributed by atoms with Gasteiger partial charge in [-0.05, 0) is 62.0 Å². The van der Waals surface area contributed by atoms with E-state index in [-0.39, 0.29) is 36.1 Å². The standard InChI is InChI=1S/C18H26ClN3O.2ClH/c1-12(2)9-15(20)17(23)22-11-18(5-7-21-8-6-18)14-10-13(19)3-4-16(14)22;;/h3-4,10,12,15,21H,5-9,11,20H2,1-2H3;2*1H/t15-;;/m0../s1. The number of nitrogens with one attached hydrogen (secondary N) is 1. The Hall–Kier alpha value is -0.520. The van der Waals surface area contributed by atoms with Gasteiger partial charge in [-0.3, -0.25) is 4.79 Å². The molecule has 0 aliphatic carbocycles. The van der Waals surface area contributed by atoms with Crippen LogP contribution in [0, 0.1) is 5.92 Å². The smallest absolute Gasteiger partial charge is 0.243 e. The van der Waals surface area contributed by atoms with Crippen LogP contribution in [0.5, 0.6) is 0 Å². The van der Waals surface area contributed by atoms with Crippen molar-refractivity contribution in [2.75, 3.05) is 24.5 Å². The summed E-state index contributed by atoms with van der Waals surface area (Å²) in [5.41, 5.74) is 8.42. The van der Waals surface area contributed by atoms with Crippen LogP contribution in [-0.2, 0) is 10.2 Å². The van der Waals surface area contributed by atoms with Crippen molar-refractivity contribution in [3.63, 3.8) is 0 Å². The van der Waals surface area contributed by atoms with Gasteiger partial charge in [0.15, 0.2) is 0 Å². The van der Waals surface area contributed by atoms with Crippen LogP contribution in [0.2, 0.25) is 5.02 Å². The van der Waals surface area contributed by atoms with E-state index in [0.717, 1.165) is 43.2 Å². The monoisotopic (exact) mass is 407 g/mol. The number of amides is 1. The Morgan fingerprint density at radius 2 is 1.96 bits per heavy atom. The van der Waals surface area contributed by atoms with Gasteiger partial charge in [0.25, 0.3) is 0 Å². The summed E-state index contributed by atoms with van der Waals surface area (Å²) in [6.45, 7) is 6.88. The first-order valence-electron chi connectivity index (χ1n) is 8.51. The van der Waals surface area contributed by atoms with E-state index in [4.69, 9.17) is 17.3 Å². The van der Waals surface area contributed by atoms with Crippen LogP contribution in [-0.4, -0.2) is 31.6 Å². The van der Waals surface area contributed by atoms with Crippen LogP contribution in [0.4, 0.5) is 5.69 Å². The molecule has 0 radical (unpaired) electrons. The second-order valence-corrected chi connectivity index (χ2v) is 7.79. The fraction of sp³-hybridized carbons (Fsp3) is 0.611. The fourth-order valence-electron chi connectivity index (χ4n) is 3.98. The van der Waals surface area contributed by atoms with Gasteiger partial charge in [-0.15, -0.1) is 24.8 Å². The second-order valence-electron chi connectivity index (χ2n) is 7.35. The number of piperidine rings is 1. The van der Waals surface area contributed by atoms with Gasteiger partial charge in [-0.2, -0.15) is 0 Å². The van der Waals surface area contributed by atoms with Gasteiger partial charge in [-0.1, -0.05) is 25.4 Å². The Morgan fingerprint density at radius 1 is 1.32 bits per heavy atom. The van der Waals surface area contributed by atoms with E-state index in [1.165, 1.54) is 5.56 Å². The minimum absolute atomic E-state index is 0. The molecule has 4 nitrogen and oxygen atoms in total. The minimum atomic E-state index is -0.435. The number of halogens is 3. The van der Waals surface area contributed by atoms with E-state index in [1.54, 1.807) is 0 Å². The Labute approximate surface area is 167 Å². The van der Waals surface area contributed by atoms with Crippen LogP contribution in [0.15, 0.2) is 18.2 Å². The molecule has 25 heavy (non-hydrogen) atoms. The Morgan fingerprint density at radius 3 is 2.56 bits per heavy atom. The van der Waals surface area contributed by atoms with Crippen molar-refractivity contribution >= 4 is 48.0 Å². The van der Waals surface area contributed by atoms with E-state index < -0.39 is 6.04 Å². The molecule has 1 atom stereocenters. The lowest BCUT2D eigenvalue weighted by molar-refractivity contribution is -0.120. The average molecular weight is 409 g/mol. The fourth-order valence-corrected chi connectivity index (χ4v) is 4.15. The molecule has 1 aromatic carbocycles. The Balaban J connectivity index is 0.00000156. The number of benzene rings is 1. The molecule has 142 valence electrons. The predicted molar refractivity (Wildman–Crippen MR) is 110 cm³/mol. The number of hydrogen-bond donors (Lipinski definition) is 2. The highest BCUT2D eigenvalue weighted by molar-refractivity contribution is 6.30. The number of anilines is 1. The van der Waals surface area contributed by atoms with Gasteiger partial charge in [-0.25, -0.2) is 0 Å². The molecule has 0 bridgehead atoms. The van der Waals surface area contributed by atoms with Crippen LogP contribution in [0.1, 0.15) is 38.7 Å². The molecule has 1 aromatic rings. The third kappa shape index (κ3) is 4.42. The summed E-state index contributed by atoms with van der Waals surface area (Å²) in [6, 6.07) is 5.46. The van der Waals surface area contributed by atoms with E-state index in [0.29, 0.717) is 12.3 Å². The molecule has 1 amide bonds. The van der Waals surface area contributed by atoms with E-state index >= 15 is 0 Å². The minimum Gasteiger partial charge on any atom is -0.320 e. The molecule has 2 aliphatic rings. The predicted octanol–water partition coefficient (Wildman–Crippen LogP) is 3.52. The number of fused-ring (bicyclic) bond motifs is 2. The van der Waals surface area contributed by atoms with Crippen LogP contribution in [0.25, 0.3) is 0 Å². The van der Waals surface area contributed by atoms with Crippen LogP contribution >= 0.6 is 36.4 Å². The average Bonchev–Trinajstić information content (AvgIpc) is 2.80. The third-order valence-corrected chi connectivity index (χ3v) is 5.39. The zero-order valence-electron chi connectivity index (χ0n) is 14.8. The first-order valence-corrected chi connectivity index (χ1v) is 8.88. The maximum Gasteiger partial charge on any atom is 0.243 e. The van der Waals surface area contributed by atoms with Crippen molar-refractivity contribution in [2.24, 2.45) is 11.7 Å². The molecule has 0 aromatic heterocycles. The number of carbonyl (C=O) groups excluding carboxylic acids is 1. The quantitative estimate of drug-likeness (QED) is 0.804. The molecule has 0 saturated carbocycles. The number of rotatable bonds is 3. The second kappa shape index (κ2) is 8.92. The lowest BCUT2D eigenvalue weighted by atomic mass is 9.75. The molecule has 1 saturated heterocycles. The van der Waals surface area contributed by atoms with Gasteiger partial charge >= 0.3 is 0 Å². The summed E-state index contributed by atoms with van der Waals surface area (Å²) < 4.78 is 0. The Kier molecular flexibility index (Phi) is 8.03. The van der Waals surface area contributed by atoms with Crippen molar-refractivity contribution in [1.82, 2.24) is 5.32 Å². The molecular weight excluding hydrogens is 381 g/mol. The van der Waals surface area contributed by atoms with Crippen molar-refractivity contribution in [3.05, 3.63) is 28.8 Å². The molecule has 3 N–H and O–H groups in total. The van der Waals surface area contributed by atoms with Gasteiger partial charge < -0.3 is 16.0 Å².